The lowest BCUT2D eigenvalue weighted by Crippen LogP contribution is -2.07. The Morgan fingerprint density at radius 2 is 2.05 bits per heavy atom. The van der Waals surface area contributed by atoms with E-state index in [1.165, 1.54) is 19.3 Å². The molecule has 116 valence electrons. The quantitative estimate of drug-likeness (QED) is 0.498. The molecule has 0 aliphatic heterocycles. The molecule has 0 unspecified atom stereocenters. The lowest BCUT2D eigenvalue weighted by molar-refractivity contribution is -0.131. The number of benzene rings is 1. The molecule has 0 saturated carbocycles. The minimum atomic E-state index is -0.960. The fraction of sp³-hybridized carbons (Fsp3) is 0.471. The Bertz CT molecular complexity index is 440. The summed E-state index contributed by atoms with van der Waals surface area (Å²) in [6.45, 7) is 4.04. The second-order valence-electron chi connectivity index (χ2n) is 4.77. The van der Waals surface area contributed by atoms with Gasteiger partial charge in [-0.2, -0.15) is 0 Å². The van der Waals surface area contributed by atoms with E-state index in [1.54, 1.807) is 12.1 Å². The smallest absolute Gasteiger partial charge is 0.328 e. The Labute approximate surface area is 126 Å². The molecule has 1 N–H and O–H groups in total. The minimum absolute atomic E-state index is 0.500. The first-order chi connectivity index (χ1) is 10.2. The van der Waals surface area contributed by atoms with Gasteiger partial charge in [0.2, 0.25) is 0 Å². The molecule has 0 fully saturated rings. The van der Waals surface area contributed by atoms with Gasteiger partial charge in [-0.15, -0.1) is 0 Å². The number of carboxylic acids is 1. The van der Waals surface area contributed by atoms with Crippen LogP contribution >= 0.6 is 0 Å². The van der Waals surface area contributed by atoms with Crippen molar-refractivity contribution in [1.82, 2.24) is 0 Å². The number of carbonyl (C=O) groups is 1. The van der Waals surface area contributed by atoms with E-state index in [0.717, 1.165) is 30.4 Å². The van der Waals surface area contributed by atoms with Crippen LogP contribution in [0.15, 0.2) is 30.3 Å². The molecule has 4 heteroatoms. The largest absolute Gasteiger partial charge is 0.491 e. The molecule has 21 heavy (non-hydrogen) atoms. The number of hydrogen-bond donors (Lipinski definition) is 1. The first-order valence-electron chi connectivity index (χ1n) is 7.44. The Hall–Kier alpha value is -1.81. The maximum atomic E-state index is 10.5. The van der Waals surface area contributed by atoms with Gasteiger partial charge in [-0.05, 0) is 30.2 Å². The molecule has 1 rings (SSSR count). The van der Waals surface area contributed by atoms with Crippen LogP contribution in [0.2, 0.25) is 0 Å². The number of aliphatic carboxylic acids is 1. The SMILES string of the molecule is CCCCCCOCCOc1cccc(C=CC(=O)O)c1. The molecule has 1 aromatic rings. The number of unbranched alkanes of at least 4 members (excludes halogenated alkanes) is 3. The molecular weight excluding hydrogens is 268 g/mol. The van der Waals surface area contributed by atoms with Gasteiger partial charge < -0.3 is 14.6 Å². The highest BCUT2D eigenvalue weighted by Crippen LogP contribution is 2.14. The van der Waals surface area contributed by atoms with Crippen molar-refractivity contribution in [3.05, 3.63) is 35.9 Å². The Morgan fingerprint density at radius 3 is 2.81 bits per heavy atom. The van der Waals surface area contributed by atoms with Gasteiger partial charge in [0.05, 0.1) is 6.61 Å². The minimum Gasteiger partial charge on any atom is -0.491 e. The molecule has 0 spiro atoms. The van der Waals surface area contributed by atoms with Crippen molar-refractivity contribution in [2.45, 2.75) is 32.6 Å². The average molecular weight is 292 g/mol. The summed E-state index contributed by atoms with van der Waals surface area (Å²) in [7, 11) is 0. The number of rotatable bonds is 11. The highest BCUT2D eigenvalue weighted by atomic mass is 16.5. The van der Waals surface area contributed by atoms with E-state index in [9.17, 15) is 4.79 Å². The molecule has 0 heterocycles. The Kier molecular flexibility index (Phi) is 8.96. The fourth-order valence-electron chi connectivity index (χ4n) is 1.83. The van der Waals surface area contributed by atoms with E-state index in [4.69, 9.17) is 14.6 Å². The zero-order chi connectivity index (χ0) is 15.3. The summed E-state index contributed by atoms with van der Waals surface area (Å²) in [4.78, 5) is 10.5. The van der Waals surface area contributed by atoms with E-state index in [1.807, 2.05) is 18.2 Å². The predicted octanol–water partition coefficient (Wildman–Crippen LogP) is 3.76. The Balaban J connectivity index is 2.20. The molecule has 0 amide bonds. The van der Waals surface area contributed by atoms with Crippen molar-refractivity contribution < 1.29 is 19.4 Å². The fourth-order valence-corrected chi connectivity index (χ4v) is 1.83. The predicted molar refractivity (Wildman–Crippen MR) is 83.6 cm³/mol. The van der Waals surface area contributed by atoms with E-state index in [0.29, 0.717) is 13.2 Å². The highest BCUT2D eigenvalue weighted by Gasteiger charge is 1.96. The van der Waals surface area contributed by atoms with Crippen LogP contribution in [0.1, 0.15) is 38.2 Å². The summed E-state index contributed by atoms with van der Waals surface area (Å²) in [5, 5.41) is 8.59. The first kappa shape index (κ1) is 17.2. The van der Waals surface area contributed by atoms with Gasteiger partial charge in [0.15, 0.2) is 0 Å². The average Bonchev–Trinajstić information content (AvgIpc) is 2.48. The van der Waals surface area contributed by atoms with Crippen LogP contribution in [-0.2, 0) is 9.53 Å². The Morgan fingerprint density at radius 1 is 1.19 bits per heavy atom. The summed E-state index contributed by atoms with van der Waals surface area (Å²) >= 11 is 0. The zero-order valence-corrected chi connectivity index (χ0v) is 12.6. The van der Waals surface area contributed by atoms with Crippen molar-refractivity contribution in [3.63, 3.8) is 0 Å². The zero-order valence-electron chi connectivity index (χ0n) is 12.6. The lowest BCUT2D eigenvalue weighted by Gasteiger charge is -2.07. The first-order valence-corrected chi connectivity index (χ1v) is 7.44. The van der Waals surface area contributed by atoms with Crippen LogP contribution in [0.25, 0.3) is 6.08 Å². The van der Waals surface area contributed by atoms with Crippen LogP contribution in [0, 0.1) is 0 Å². The molecule has 0 aliphatic carbocycles. The summed E-state index contributed by atoms with van der Waals surface area (Å²) in [6.07, 6.45) is 7.46. The van der Waals surface area contributed by atoms with Gasteiger partial charge >= 0.3 is 5.97 Å². The van der Waals surface area contributed by atoms with Gasteiger partial charge in [0.1, 0.15) is 12.4 Å². The monoisotopic (exact) mass is 292 g/mol. The van der Waals surface area contributed by atoms with Crippen molar-refractivity contribution >= 4 is 12.0 Å². The summed E-state index contributed by atoms with van der Waals surface area (Å²) in [5.74, 6) is -0.241. The molecule has 0 radical (unpaired) electrons. The maximum Gasteiger partial charge on any atom is 0.328 e. The van der Waals surface area contributed by atoms with E-state index in [2.05, 4.69) is 6.92 Å². The third-order valence-corrected chi connectivity index (χ3v) is 2.92. The van der Waals surface area contributed by atoms with E-state index < -0.39 is 5.97 Å². The molecule has 0 saturated heterocycles. The number of ether oxygens (including phenoxy) is 2. The second-order valence-corrected chi connectivity index (χ2v) is 4.77. The van der Waals surface area contributed by atoms with E-state index >= 15 is 0 Å². The van der Waals surface area contributed by atoms with Crippen molar-refractivity contribution in [1.29, 1.82) is 0 Å². The topological polar surface area (TPSA) is 55.8 Å². The van der Waals surface area contributed by atoms with Crippen molar-refractivity contribution in [3.8, 4) is 5.75 Å². The molecule has 0 atom stereocenters. The third kappa shape index (κ3) is 8.87. The van der Waals surface area contributed by atoms with Gasteiger partial charge in [-0.1, -0.05) is 38.3 Å². The van der Waals surface area contributed by atoms with Gasteiger partial charge in [0, 0.05) is 12.7 Å². The molecule has 0 aromatic heterocycles. The summed E-state index contributed by atoms with van der Waals surface area (Å²) < 4.78 is 11.1. The molecule has 0 aliphatic rings. The van der Waals surface area contributed by atoms with E-state index in [-0.39, 0.29) is 0 Å². The summed E-state index contributed by atoms with van der Waals surface area (Å²) in [6, 6.07) is 7.32. The molecule has 4 nitrogen and oxygen atoms in total. The third-order valence-electron chi connectivity index (χ3n) is 2.92. The van der Waals surface area contributed by atoms with Crippen LogP contribution in [0.3, 0.4) is 0 Å². The van der Waals surface area contributed by atoms with Crippen LogP contribution in [0.5, 0.6) is 5.75 Å². The van der Waals surface area contributed by atoms with Gasteiger partial charge in [-0.25, -0.2) is 4.79 Å². The van der Waals surface area contributed by atoms with Gasteiger partial charge in [-0.3, -0.25) is 0 Å². The molecule has 1 aromatic carbocycles. The van der Waals surface area contributed by atoms with Crippen LogP contribution < -0.4 is 4.74 Å². The second kappa shape index (κ2) is 10.9. The maximum absolute atomic E-state index is 10.5. The number of carboxylic acid groups (broad SMARTS) is 1. The highest BCUT2D eigenvalue weighted by molar-refractivity contribution is 5.85. The van der Waals surface area contributed by atoms with Gasteiger partial charge in [0.25, 0.3) is 0 Å². The molecule has 0 bridgehead atoms. The summed E-state index contributed by atoms with van der Waals surface area (Å²) in [5.41, 5.74) is 0.801. The lowest BCUT2D eigenvalue weighted by atomic mass is 10.2. The standard InChI is InChI=1S/C17H24O4/c1-2-3-4-5-11-20-12-13-21-16-8-6-7-15(14-16)9-10-17(18)19/h6-10,14H,2-5,11-13H2,1H3,(H,18,19). The van der Waals surface area contributed by atoms with Crippen molar-refractivity contribution in [2.24, 2.45) is 0 Å². The van der Waals surface area contributed by atoms with Crippen LogP contribution in [0.4, 0.5) is 0 Å². The van der Waals surface area contributed by atoms with Crippen LogP contribution in [-0.4, -0.2) is 30.9 Å². The number of hydrogen-bond acceptors (Lipinski definition) is 3. The molecular formula is C17H24O4. The van der Waals surface area contributed by atoms with Crippen molar-refractivity contribution in [2.75, 3.05) is 19.8 Å². The normalized spacial score (nSPS) is 10.9.